The Labute approximate surface area is 156 Å². The maximum atomic E-state index is 12.6. The van der Waals surface area contributed by atoms with E-state index in [1.165, 1.54) is 0 Å². The van der Waals surface area contributed by atoms with Crippen LogP contribution in [0, 0.1) is 6.92 Å². The molecule has 0 fully saturated rings. The molecule has 0 radical (unpaired) electrons. The lowest BCUT2D eigenvalue weighted by atomic mass is 10.1. The summed E-state index contributed by atoms with van der Waals surface area (Å²) in [5, 5.41) is 0. The second kappa shape index (κ2) is 7.54. The van der Waals surface area contributed by atoms with Crippen molar-refractivity contribution in [3.8, 4) is 0 Å². The maximum Gasteiger partial charge on any atom is 0.186 e. The zero-order valence-electron chi connectivity index (χ0n) is 15.4. The summed E-state index contributed by atoms with van der Waals surface area (Å²) in [7, 11) is -3.23. The van der Waals surface area contributed by atoms with Crippen molar-refractivity contribution >= 4 is 15.5 Å². The molecule has 1 aliphatic heterocycles. The Morgan fingerprint density at radius 3 is 2.42 bits per heavy atom. The first-order valence-corrected chi connectivity index (χ1v) is 10.7. The quantitative estimate of drug-likeness (QED) is 0.758. The number of ether oxygens (including phenoxy) is 1. The number of fused-ring (bicyclic) bond motifs is 1. The lowest BCUT2D eigenvalue weighted by Crippen LogP contribution is -2.29. The molecule has 0 saturated heterocycles. The lowest BCUT2D eigenvalue weighted by Gasteiger charge is -2.32. The molecule has 0 saturated carbocycles. The molecule has 138 valence electrons. The molecule has 2 aromatic carbocycles. The fraction of sp³-hybridized carbons (Fsp3) is 0.333. The summed E-state index contributed by atoms with van der Waals surface area (Å²) in [4.78, 5) is 2.05. The van der Waals surface area contributed by atoms with Gasteiger partial charge in [0.05, 0.1) is 17.2 Å². The summed E-state index contributed by atoms with van der Waals surface area (Å²) in [5.41, 5.74) is 4.81. The first kappa shape index (κ1) is 18.5. The minimum absolute atomic E-state index is 0.0306. The Hall–Kier alpha value is -2.27. The highest BCUT2D eigenvalue weighted by molar-refractivity contribution is 7.89. The topological polar surface area (TPSA) is 46.6 Å². The zero-order valence-corrected chi connectivity index (χ0v) is 16.2. The molecular weight excluding hydrogens is 346 g/mol. The van der Waals surface area contributed by atoms with Gasteiger partial charge in [0.15, 0.2) is 15.7 Å². The van der Waals surface area contributed by atoms with Crippen LogP contribution in [-0.2, 0) is 32.7 Å². The van der Waals surface area contributed by atoms with Gasteiger partial charge in [-0.05, 0) is 43.2 Å². The van der Waals surface area contributed by atoms with Gasteiger partial charge in [0, 0.05) is 12.1 Å². The van der Waals surface area contributed by atoms with Gasteiger partial charge in [-0.2, -0.15) is 0 Å². The molecule has 0 bridgehead atoms. The largest absolute Gasteiger partial charge is 0.474 e. The monoisotopic (exact) mass is 371 g/mol. The first-order chi connectivity index (χ1) is 12.4. The first-order valence-electron chi connectivity index (χ1n) is 8.85. The third-order valence-corrected chi connectivity index (χ3v) is 6.02. The number of hydrogen-bond donors (Lipinski definition) is 0. The Balaban J connectivity index is 1.78. The van der Waals surface area contributed by atoms with Crippen LogP contribution in [0.15, 0.2) is 54.9 Å². The fourth-order valence-electron chi connectivity index (χ4n) is 3.19. The molecule has 3 rings (SSSR count). The van der Waals surface area contributed by atoms with Crippen LogP contribution in [-0.4, -0.2) is 15.0 Å². The predicted molar refractivity (Wildman–Crippen MR) is 106 cm³/mol. The molecular formula is C21H25NO3S. The van der Waals surface area contributed by atoms with Crippen LogP contribution in [0.5, 0.6) is 0 Å². The van der Waals surface area contributed by atoms with Crippen molar-refractivity contribution in [2.24, 2.45) is 0 Å². The highest BCUT2D eigenvalue weighted by Crippen LogP contribution is 2.32. The van der Waals surface area contributed by atoms with Gasteiger partial charge in [-0.15, -0.1) is 0 Å². The van der Waals surface area contributed by atoms with Crippen LogP contribution in [0.1, 0.15) is 35.6 Å². The smallest absolute Gasteiger partial charge is 0.186 e. The normalized spacial score (nSPS) is 14.1. The number of benzene rings is 2. The SMILES string of the molecule is C=C1OCc2cc(CS(=O)(=O)Cc3ccc(C)cc3)ccc2N1CCC. The fourth-order valence-corrected chi connectivity index (χ4v) is 4.68. The van der Waals surface area contributed by atoms with E-state index in [-0.39, 0.29) is 11.5 Å². The van der Waals surface area contributed by atoms with Crippen LogP contribution < -0.4 is 4.90 Å². The Morgan fingerprint density at radius 1 is 1.08 bits per heavy atom. The molecule has 0 spiro atoms. The average molecular weight is 372 g/mol. The number of anilines is 1. The molecule has 2 aromatic rings. The summed E-state index contributed by atoms with van der Waals surface area (Å²) in [6, 6.07) is 13.5. The molecule has 0 aliphatic carbocycles. The van der Waals surface area contributed by atoms with E-state index in [4.69, 9.17) is 4.74 Å². The summed E-state index contributed by atoms with van der Waals surface area (Å²) in [6.07, 6.45) is 0.981. The summed E-state index contributed by atoms with van der Waals surface area (Å²) >= 11 is 0. The number of sulfone groups is 1. The highest BCUT2D eigenvalue weighted by atomic mass is 32.2. The van der Waals surface area contributed by atoms with Crippen LogP contribution in [0.3, 0.4) is 0 Å². The summed E-state index contributed by atoms with van der Waals surface area (Å²) < 4.78 is 30.8. The van der Waals surface area contributed by atoms with Crippen LogP contribution >= 0.6 is 0 Å². The molecule has 0 N–H and O–H groups in total. The van der Waals surface area contributed by atoms with Crippen molar-refractivity contribution in [3.63, 3.8) is 0 Å². The molecule has 0 atom stereocenters. The minimum Gasteiger partial charge on any atom is -0.474 e. The lowest BCUT2D eigenvalue weighted by molar-refractivity contribution is 0.181. The molecule has 5 heteroatoms. The second-order valence-corrected chi connectivity index (χ2v) is 8.88. The Bertz CT molecular complexity index is 901. The summed E-state index contributed by atoms with van der Waals surface area (Å²) in [6.45, 7) is 9.31. The van der Waals surface area contributed by atoms with Crippen LogP contribution in [0.4, 0.5) is 5.69 Å². The van der Waals surface area contributed by atoms with Gasteiger partial charge in [-0.1, -0.05) is 42.8 Å². The highest BCUT2D eigenvalue weighted by Gasteiger charge is 2.22. The van der Waals surface area contributed by atoms with E-state index >= 15 is 0 Å². The van der Waals surface area contributed by atoms with E-state index in [0.29, 0.717) is 12.5 Å². The molecule has 0 unspecified atom stereocenters. The molecule has 1 heterocycles. The van der Waals surface area contributed by atoms with Crippen molar-refractivity contribution < 1.29 is 13.2 Å². The van der Waals surface area contributed by atoms with Crippen LogP contribution in [0.25, 0.3) is 0 Å². The van der Waals surface area contributed by atoms with Crippen molar-refractivity contribution in [2.45, 2.75) is 38.4 Å². The third kappa shape index (κ3) is 4.28. The molecule has 4 nitrogen and oxygen atoms in total. The number of hydrogen-bond acceptors (Lipinski definition) is 4. The van der Waals surface area contributed by atoms with Gasteiger partial charge < -0.3 is 9.64 Å². The van der Waals surface area contributed by atoms with Crippen molar-refractivity contribution in [1.82, 2.24) is 0 Å². The van der Waals surface area contributed by atoms with E-state index in [9.17, 15) is 8.42 Å². The van der Waals surface area contributed by atoms with E-state index in [0.717, 1.165) is 40.9 Å². The zero-order chi connectivity index (χ0) is 18.7. The van der Waals surface area contributed by atoms with Gasteiger partial charge in [0.2, 0.25) is 0 Å². The maximum absolute atomic E-state index is 12.6. The van der Waals surface area contributed by atoms with Gasteiger partial charge in [0.25, 0.3) is 0 Å². The van der Waals surface area contributed by atoms with E-state index in [2.05, 4.69) is 13.5 Å². The predicted octanol–water partition coefficient (Wildman–Crippen LogP) is 4.33. The third-order valence-electron chi connectivity index (χ3n) is 4.47. The second-order valence-electron chi connectivity index (χ2n) is 6.81. The Kier molecular flexibility index (Phi) is 5.37. The van der Waals surface area contributed by atoms with E-state index in [1.807, 2.05) is 54.3 Å². The van der Waals surface area contributed by atoms with Crippen LogP contribution in [0.2, 0.25) is 0 Å². The molecule has 26 heavy (non-hydrogen) atoms. The van der Waals surface area contributed by atoms with Crippen molar-refractivity contribution in [1.29, 1.82) is 0 Å². The number of rotatable bonds is 6. The van der Waals surface area contributed by atoms with Gasteiger partial charge in [0.1, 0.15) is 6.61 Å². The number of nitrogens with zero attached hydrogens (tertiary/aromatic N) is 1. The van der Waals surface area contributed by atoms with E-state index < -0.39 is 9.84 Å². The minimum atomic E-state index is -3.23. The average Bonchev–Trinajstić information content (AvgIpc) is 2.59. The van der Waals surface area contributed by atoms with Crippen molar-refractivity contribution in [3.05, 3.63) is 77.2 Å². The van der Waals surface area contributed by atoms with Gasteiger partial charge in [-0.3, -0.25) is 0 Å². The van der Waals surface area contributed by atoms with Gasteiger partial charge in [-0.25, -0.2) is 8.42 Å². The van der Waals surface area contributed by atoms with Crippen molar-refractivity contribution in [2.75, 3.05) is 11.4 Å². The molecule has 0 aromatic heterocycles. The van der Waals surface area contributed by atoms with E-state index in [1.54, 1.807) is 0 Å². The Morgan fingerprint density at radius 2 is 1.73 bits per heavy atom. The molecule has 0 amide bonds. The standard InChI is InChI=1S/C21H25NO3S/c1-4-11-22-17(3)25-13-20-12-19(9-10-21(20)22)15-26(23,24)14-18-7-5-16(2)6-8-18/h5-10,12H,3-4,11,13-15H2,1-2H3. The number of aryl methyl sites for hydroxylation is 1. The summed E-state index contributed by atoms with van der Waals surface area (Å²) in [5.74, 6) is 0.738. The molecule has 1 aliphatic rings. The van der Waals surface area contributed by atoms with Gasteiger partial charge >= 0.3 is 0 Å².